The Hall–Kier alpha value is -1.75. The van der Waals surface area contributed by atoms with Gasteiger partial charge in [-0.25, -0.2) is 13.8 Å². The van der Waals surface area contributed by atoms with Gasteiger partial charge in [0.1, 0.15) is 5.69 Å². The molecule has 2 rings (SSSR count). The summed E-state index contributed by atoms with van der Waals surface area (Å²) in [7, 11) is 0. The lowest BCUT2D eigenvalue weighted by molar-refractivity contribution is 0.146. The van der Waals surface area contributed by atoms with Crippen LogP contribution in [0.4, 0.5) is 14.5 Å². The zero-order valence-corrected chi connectivity index (χ0v) is 11.0. The van der Waals surface area contributed by atoms with E-state index in [0.717, 1.165) is 17.4 Å². The number of nitrogens with one attached hydrogen (secondary N) is 1. The molecule has 1 aromatic carbocycles. The first-order chi connectivity index (χ1) is 9.06. The first-order valence-corrected chi connectivity index (χ1v) is 6.26. The van der Waals surface area contributed by atoms with Gasteiger partial charge >= 0.3 is 0 Å². The maximum Gasteiger partial charge on any atom is 0.280 e. The minimum atomic E-state index is -2.61. The monoisotopic (exact) mass is 265 g/mol. The number of nitrogen functional groups attached to an aromatic ring is 1. The summed E-state index contributed by atoms with van der Waals surface area (Å²) in [5.74, 6) is 5.83. The average molecular weight is 265 g/mol. The van der Waals surface area contributed by atoms with Gasteiger partial charge in [0.2, 0.25) is 0 Å². The van der Waals surface area contributed by atoms with Gasteiger partial charge < -0.3 is 5.43 Å². The molecule has 1 heterocycles. The lowest BCUT2D eigenvalue weighted by Gasteiger charge is -2.13. The lowest BCUT2D eigenvalue weighted by Crippen LogP contribution is -2.09. The zero-order chi connectivity index (χ0) is 14.0. The van der Waals surface area contributed by atoms with Crippen LogP contribution >= 0.6 is 0 Å². The standard InChI is InChI=1S/C14H17F2N3/c1-3-8(2)9-4-5-11-10(6-9)12(19-17)7-13(18-11)14(15)16/h4-8,14H,3,17H2,1-2H3,(H,18,19). The fourth-order valence-corrected chi connectivity index (χ4v) is 2.04. The maximum absolute atomic E-state index is 12.7. The van der Waals surface area contributed by atoms with Gasteiger partial charge in [0.15, 0.2) is 0 Å². The summed E-state index contributed by atoms with van der Waals surface area (Å²) >= 11 is 0. The van der Waals surface area contributed by atoms with E-state index in [0.29, 0.717) is 17.1 Å². The largest absolute Gasteiger partial charge is 0.323 e. The lowest BCUT2D eigenvalue weighted by atomic mass is 9.96. The van der Waals surface area contributed by atoms with Crippen molar-refractivity contribution in [2.75, 3.05) is 5.43 Å². The number of alkyl halides is 2. The molecule has 19 heavy (non-hydrogen) atoms. The number of hydrogen-bond acceptors (Lipinski definition) is 3. The Morgan fingerprint density at radius 2 is 2.05 bits per heavy atom. The van der Waals surface area contributed by atoms with Gasteiger partial charge in [0.05, 0.1) is 11.2 Å². The molecular formula is C14H17F2N3. The number of pyridine rings is 1. The number of rotatable bonds is 4. The minimum Gasteiger partial charge on any atom is -0.323 e. The van der Waals surface area contributed by atoms with Gasteiger partial charge in [-0.3, -0.25) is 5.84 Å². The van der Waals surface area contributed by atoms with Crippen LogP contribution in [0.3, 0.4) is 0 Å². The highest BCUT2D eigenvalue weighted by atomic mass is 19.3. The summed E-state index contributed by atoms with van der Waals surface area (Å²) in [6.45, 7) is 4.23. The number of fused-ring (bicyclic) bond motifs is 1. The molecule has 0 saturated heterocycles. The second-order valence-electron chi connectivity index (χ2n) is 4.63. The maximum atomic E-state index is 12.7. The fourth-order valence-electron chi connectivity index (χ4n) is 2.04. The SMILES string of the molecule is CCC(C)c1ccc2nc(C(F)F)cc(NN)c2c1. The molecule has 0 spiro atoms. The normalized spacial score (nSPS) is 12.9. The predicted octanol–water partition coefficient (Wildman–Crippen LogP) is 3.97. The molecule has 1 aromatic heterocycles. The van der Waals surface area contributed by atoms with Crippen molar-refractivity contribution in [3.63, 3.8) is 0 Å². The number of aromatic nitrogens is 1. The Morgan fingerprint density at radius 1 is 1.32 bits per heavy atom. The second kappa shape index (κ2) is 5.48. The molecule has 102 valence electrons. The third kappa shape index (κ3) is 2.66. The van der Waals surface area contributed by atoms with Crippen LogP contribution in [0.2, 0.25) is 0 Å². The van der Waals surface area contributed by atoms with Gasteiger partial charge in [0.25, 0.3) is 6.43 Å². The summed E-state index contributed by atoms with van der Waals surface area (Å²) in [5, 5.41) is 0.768. The quantitative estimate of drug-likeness (QED) is 0.649. The van der Waals surface area contributed by atoms with Crippen molar-refractivity contribution in [3.8, 4) is 0 Å². The third-order valence-electron chi connectivity index (χ3n) is 3.41. The van der Waals surface area contributed by atoms with E-state index < -0.39 is 6.43 Å². The summed E-state index contributed by atoms with van der Waals surface area (Å²) in [4.78, 5) is 3.96. The molecule has 3 nitrogen and oxygen atoms in total. The van der Waals surface area contributed by atoms with E-state index in [1.165, 1.54) is 6.07 Å². The Kier molecular flexibility index (Phi) is 3.95. The van der Waals surface area contributed by atoms with Crippen LogP contribution in [-0.4, -0.2) is 4.98 Å². The molecule has 5 heteroatoms. The van der Waals surface area contributed by atoms with Gasteiger partial charge in [-0.2, -0.15) is 0 Å². The van der Waals surface area contributed by atoms with Gasteiger partial charge in [-0.05, 0) is 36.1 Å². The smallest absolute Gasteiger partial charge is 0.280 e. The highest BCUT2D eigenvalue weighted by Gasteiger charge is 2.14. The number of halogens is 2. The van der Waals surface area contributed by atoms with Gasteiger partial charge in [-0.15, -0.1) is 0 Å². The molecule has 0 aliphatic rings. The summed E-state index contributed by atoms with van der Waals surface area (Å²) < 4.78 is 25.5. The molecule has 0 fully saturated rings. The van der Waals surface area contributed by atoms with Crippen molar-refractivity contribution in [2.24, 2.45) is 5.84 Å². The van der Waals surface area contributed by atoms with Gasteiger partial charge in [-0.1, -0.05) is 19.9 Å². The molecule has 1 unspecified atom stereocenters. The molecule has 0 saturated carbocycles. The molecule has 0 amide bonds. The molecule has 2 aromatic rings. The van der Waals surface area contributed by atoms with Crippen molar-refractivity contribution in [1.82, 2.24) is 4.98 Å². The average Bonchev–Trinajstić information content (AvgIpc) is 2.44. The van der Waals surface area contributed by atoms with Crippen LogP contribution in [0.1, 0.15) is 43.9 Å². The van der Waals surface area contributed by atoms with E-state index in [-0.39, 0.29) is 5.69 Å². The van der Waals surface area contributed by atoms with Crippen molar-refractivity contribution < 1.29 is 8.78 Å². The molecule has 0 bridgehead atoms. The number of hydrazine groups is 1. The van der Waals surface area contributed by atoms with E-state index in [1.54, 1.807) is 6.07 Å². The van der Waals surface area contributed by atoms with Crippen LogP contribution in [0, 0.1) is 0 Å². The zero-order valence-electron chi connectivity index (χ0n) is 11.0. The first kappa shape index (κ1) is 13.7. The predicted molar refractivity (Wildman–Crippen MR) is 73.2 cm³/mol. The minimum absolute atomic E-state index is 0.267. The topological polar surface area (TPSA) is 50.9 Å². The number of hydrogen-bond donors (Lipinski definition) is 2. The highest BCUT2D eigenvalue weighted by Crippen LogP contribution is 2.30. The van der Waals surface area contributed by atoms with Crippen LogP contribution in [0.15, 0.2) is 24.3 Å². The van der Waals surface area contributed by atoms with Crippen LogP contribution < -0.4 is 11.3 Å². The summed E-state index contributed by atoms with van der Waals surface area (Å²) in [5.41, 5.74) is 4.36. The van der Waals surface area contributed by atoms with Crippen molar-refractivity contribution in [2.45, 2.75) is 32.6 Å². The van der Waals surface area contributed by atoms with Crippen molar-refractivity contribution >= 4 is 16.6 Å². The molecule has 0 radical (unpaired) electrons. The number of benzene rings is 1. The van der Waals surface area contributed by atoms with Crippen LogP contribution in [-0.2, 0) is 0 Å². The van der Waals surface area contributed by atoms with Crippen LogP contribution in [0.25, 0.3) is 10.9 Å². The van der Waals surface area contributed by atoms with E-state index >= 15 is 0 Å². The Morgan fingerprint density at radius 3 is 2.63 bits per heavy atom. The van der Waals surface area contributed by atoms with E-state index in [4.69, 9.17) is 5.84 Å². The van der Waals surface area contributed by atoms with Crippen molar-refractivity contribution in [1.29, 1.82) is 0 Å². The van der Waals surface area contributed by atoms with Crippen LogP contribution in [0.5, 0.6) is 0 Å². The second-order valence-corrected chi connectivity index (χ2v) is 4.63. The molecular weight excluding hydrogens is 248 g/mol. The molecule has 3 N–H and O–H groups in total. The highest BCUT2D eigenvalue weighted by molar-refractivity contribution is 5.91. The van der Waals surface area contributed by atoms with E-state index in [1.807, 2.05) is 12.1 Å². The van der Waals surface area contributed by atoms with Crippen molar-refractivity contribution in [3.05, 3.63) is 35.5 Å². The number of anilines is 1. The number of nitrogens with two attached hydrogens (primary N) is 1. The first-order valence-electron chi connectivity index (χ1n) is 6.26. The fraction of sp³-hybridized carbons (Fsp3) is 0.357. The number of nitrogens with zero attached hydrogens (tertiary/aromatic N) is 1. The third-order valence-corrected chi connectivity index (χ3v) is 3.41. The Labute approximate surface area is 110 Å². The molecule has 1 atom stereocenters. The Bertz CT molecular complexity index is 584. The summed E-state index contributed by atoms with van der Waals surface area (Å²) in [6, 6.07) is 6.96. The molecule has 0 aliphatic carbocycles. The Balaban J connectivity index is 2.62. The molecule has 0 aliphatic heterocycles. The van der Waals surface area contributed by atoms with E-state index in [9.17, 15) is 8.78 Å². The van der Waals surface area contributed by atoms with Gasteiger partial charge in [0, 0.05) is 5.39 Å². The summed E-state index contributed by atoms with van der Waals surface area (Å²) in [6.07, 6.45) is -1.59. The van der Waals surface area contributed by atoms with E-state index in [2.05, 4.69) is 24.3 Å².